The van der Waals surface area contributed by atoms with Crippen molar-refractivity contribution in [1.82, 2.24) is 0 Å². The lowest BCUT2D eigenvalue weighted by Gasteiger charge is -2.39. The number of rotatable bonds is 2. The maximum absolute atomic E-state index is 10.7. The minimum atomic E-state index is -0.627. The van der Waals surface area contributed by atoms with E-state index in [0.717, 1.165) is 4.47 Å². The van der Waals surface area contributed by atoms with Gasteiger partial charge in [-0.15, -0.1) is 0 Å². The summed E-state index contributed by atoms with van der Waals surface area (Å²) in [6.07, 6.45) is 2.39. The Balaban J connectivity index is 2.11. The average molecular weight is 299 g/mol. The van der Waals surface area contributed by atoms with Gasteiger partial charge in [-0.1, -0.05) is 28.1 Å². The minimum absolute atomic E-state index is 0.135. The van der Waals surface area contributed by atoms with Crippen LogP contribution in [0.3, 0.4) is 0 Å². The van der Waals surface area contributed by atoms with Crippen molar-refractivity contribution in [2.24, 2.45) is 0 Å². The molecule has 1 aromatic rings. The molecule has 2 atom stereocenters. The molecule has 1 N–H and O–H groups in total. The topological polar surface area (TPSA) is 29.5 Å². The van der Waals surface area contributed by atoms with Crippen molar-refractivity contribution >= 4 is 15.9 Å². The summed E-state index contributed by atoms with van der Waals surface area (Å²) in [4.78, 5) is 0. The first-order valence-corrected chi connectivity index (χ1v) is 6.88. The Morgan fingerprint density at radius 1 is 1.35 bits per heavy atom. The Hall–Kier alpha value is -0.380. The first kappa shape index (κ1) is 13.1. The van der Waals surface area contributed by atoms with Crippen molar-refractivity contribution in [3.63, 3.8) is 0 Å². The second kappa shape index (κ2) is 5.09. The van der Waals surface area contributed by atoms with Gasteiger partial charge in [0.25, 0.3) is 0 Å². The third-order valence-electron chi connectivity index (χ3n) is 3.22. The molecule has 1 aliphatic heterocycles. The summed E-state index contributed by atoms with van der Waals surface area (Å²) in [5.74, 6) is 0. The van der Waals surface area contributed by atoms with E-state index in [9.17, 15) is 5.11 Å². The predicted octanol–water partition coefficient (Wildman–Crippen LogP) is 3.31. The summed E-state index contributed by atoms with van der Waals surface area (Å²) in [5, 5.41) is 10.7. The van der Waals surface area contributed by atoms with Crippen LogP contribution in [0, 0.1) is 0 Å². The van der Waals surface area contributed by atoms with Crippen molar-refractivity contribution in [3.05, 3.63) is 34.3 Å². The minimum Gasteiger partial charge on any atom is -0.389 e. The molecule has 0 aliphatic carbocycles. The van der Waals surface area contributed by atoms with E-state index in [1.54, 1.807) is 0 Å². The van der Waals surface area contributed by atoms with Crippen LogP contribution in [0.4, 0.5) is 0 Å². The van der Waals surface area contributed by atoms with E-state index in [1.807, 2.05) is 26.0 Å². The first-order chi connectivity index (χ1) is 7.97. The molecule has 0 saturated carbocycles. The molecule has 2 unspecified atom stereocenters. The van der Waals surface area contributed by atoms with E-state index in [0.29, 0.717) is 19.3 Å². The maximum atomic E-state index is 10.7. The number of aliphatic hydroxyl groups is 1. The molecule has 17 heavy (non-hydrogen) atoms. The third-order valence-corrected chi connectivity index (χ3v) is 3.71. The Bertz CT molecular complexity index is 382. The normalized spacial score (nSPS) is 33.6. The fourth-order valence-electron chi connectivity index (χ4n) is 2.82. The van der Waals surface area contributed by atoms with Crippen LogP contribution < -0.4 is 0 Å². The largest absolute Gasteiger partial charge is 0.389 e. The SMILES string of the molecule is CC1CC(O)(Cc2cccc(Br)c2)CC(C)O1. The van der Waals surface area contributed by atoms with E-state index < -0.39 is 5.60 Å². The molecule has 0 radical (unpaired) electrons. The first-order valence-electron chi connectivity index (χ1n) is 6.09. The second-order valence-electron chi connectivity index (χ2n) is 5.20. The van der Waals surface area contributed by atoms with E-state index in [2.05, 4.69) is 28.1 Å². The van der Waals surface area contributed by atoms with Crippen molar-refractivity contribution in [1.29, 1.82) is 0 Å². The lowest BCUT2D eigenvalue weighted by molar-refractivity contribution is -0.130. The third kappa shape index (κ3) is 3.54. The average Bonchev–Trinajstić information content (AvgIpc) is 2.13. The van der Waals surface area contributed by atoms with E-state index in [4.69, 9.17) is 4.74 Å². The van der Waals surface area contributed by atoms with Gasteiger partial charge < -0.3 is 9.84 Å². The lowest BCUT2D eigenvalue weighted by Crippen LogP contribution is -2.44. The van der Waals surface area contributed by atoms with Gasteiger partial charge in [-0.25, -0.2) is 0 Å². The fourth-order valence-corrected chi connectivity index (χ4v) is 3.26. The molecular formula is C14H19BrO2. The molecule has 2 nitrogen and oxygen atoms in total. The van der Waals surface area contributed by atoms with Crippen LogP contribution in [0.5, 0.6) is 0 Å². The highest BCUT2D eigenvalue weighted by atomic mass is 79.9. The van der Waals surface area contributed by atoms with Gasteiger partial charge >= 0.3 is 0 Å². The van der Waals surface area contributed by atoms with Gasteiger partial charge in [-0.3, -0.25) is 0 Å². The van der Waals surface area contributed by atoms with Gasteiger partial charge in [0.05, 0.1) is 17.8 Å². The van der Waals surface area contributed by atoms with E-state index in [-0.39, 0.29) is 12.2 Å². The van der Waals surface area contributed by atoms with Gasteiger partial charge in [-0.05, 0) is 31.5 Å². The van der Waals surface area contributed by atoms with Gasteiger partial charge in [0, 0.05) is 23.7 Å². The zero-order valence-electron chi connectivity index (χ0n) is 10.3. The van der Waals surface area contributed by atoms with Crippen LogP contribution in [-0.2, 0) is 11.2 Å². The lowest BCUT2D eigenvalue weighted by atomic mass is 9.82. The fraction of sp³-hybridized carbons (Fsp3) is 0.571. The summed E-state index contributed by atoms with van der Waals surface area (Å²) in [5.41, 5.74) is 0.543. The highest BCUT2D eigenvalue weighted by Gasteiger charge is 2.36. The molecule has 1 aliphatic rings. The van der Waals surface area contributed by atoms with E-state index in [1.165, 1.54) is 5.56 Å². The predicted molar refractivity (Wildman–Crippen MR) is 72.0 cm³/mol. The highest BCUT2D eigenvalue weighted by molar-refractivity contribution is 9.10. The molecule has 94 valence electrons. The quantitative estimate of drug-likeness (QED) is 0.908. The molecule has 1 fully saturated rings. The zero-order valence-corrected chi connectivity index (χ0v) is 11.9. The summed E-state index contributed by atoms with van der Waals surface area (Å²) in [7, 11) is 0. The summed E-state index contributed by atoms with van der Waals surface area (Å²) in [6, 6.07) is 8.15. The number of hydrogen-bond donors (Lipinski definition) is 1. The Labute approximate surface area is 111 Å². The van der Waals surface area contributed by atoms with Crippen LogP contribution in [0.15, 0.2) is 28.7 Å². The number of halogens is 1. The van der Waals surface area contributed by atoms with Crippen molar-refractivity contribution < 1.29 is 9.84 Å². The second-order valence-corrected chi connectivity index (χ2v) is 6.11. The Morgan fingerprint density at radius 2 is 2.00 bits per heavy atom. The molecule has 1 heterocycles. The van der Waals surface area contributed by atoms with E-state index >= 15 is 0 Å². The molecule has 0 bridgehead atoms. The zero-order chi connectivity index (χ0) is 12.5. The van der Waals surface area contributed by atoms with Crippen LogP contribution in [0.1, 0.15) is 32.3 Å². The molecule has 0 spiro atoms. The standard InChI is InChI=1S/C14H19BrO2/c1-10-7-14(16,8-11(2)17-10)9-12-4-3-5-13(15)6-12/h3-6,10-11,16H,7-9H2,1-2H3. The van der Waals surface area contributed by atoms with Crippen molar-refractivity contribution in [2.75, 3.05) is 0 Å². The summed E-state index contributed by atoms with van der Waals surface area (Å²) in [6.45, 7) is 4.06. The van der Waals surface area contributed by atoms with Gasteiger partial charge in [0.2, 0.25) is 0 Å². The molecule has 0 amide bonds. The number of hydrogen-bond acceptors (Lipinski definition) is 2. The molecular weight excluding hydrogens is 280 g/mol. The summed E-state index contributed by atoms with van der Waals surface area (Å²) >= 11 is 3.46. The van der Waals surface area contributed by atoms with Crippen molar-refractivity contribution in [3.8, 4) is 0 Å². The monoisotopic (exact) mass is 298 g/mol. The molecule has 3 heteroatoms. The van der Waals surface area contributed by atoms with Crippen LogP contribution >= 0.6 is 15.9 Å². The molecule has 1 saturated heterocycles. The van der Waals surface area contributed by atoms with Crippen molar-refractivity contribution in [2.45, 2.75) is 50.9 Å². The molecule has 0 aromatic heterocycles. The smallest absolute Gasteiger partial charge is 0.0737 e. The molecule has 2 rings (SSSR count). The Kier molecular flexibility index (Phi) is 3.91. The summed E-state index contributed by atoms with van der Waals surface area (Å²) < 4.78 is 6.74. The van der Waals surface area contributed by atoms with Crippen LogP contribution in [0.25, 0.3) is 0 Å². The van der Waals surface area contributed by atoms with Gasteiger partial charge in [-0.2, -0.15) is 0 Å². The molecule has 1 aromatic carbocycles. The Morgan fingerprint density at radius 3 is 2.59 bits per heavy atom. The van der Waals surface area contributed by atoms with Crippen LogP contribution in [0.2, 0.25) is 0 Å². The maximum Gasteiger partial charge on any atom is 0.0737 e. The number of benzene rings is 1. The highest BCUT2D eigenvalue weighted by Crippen LogP contribution is 2.32. The van der Waals surface area contributed by atoms with Gasteiger partial charge in [0.1, 0.15) is 0 Å². The number of ether oxygens (including phenoxy) is 1. The van der Waals surface area contributed by atoms with Gasteiger partial charge in [0.15, 0.2) is 0 Å². The van der Waals surface area contributed by atoms with Crippen LogP contribution in [-0.4, -0.2) is 22.9 Å².